The zero-order chi connectivity index (χ0) is 22.1. The Labute approximate surface area is 171 Å². The van der Waals surface area contributed by atoms with E-state index in [0.29, 0.717) is 5.70 Å². The van der Waals surface area contributed by atoms with Gasteiger partial charge in [0, 0.05) is 17.5 Å². The lowest BCUT2D eigenvalue weighted by atomic mass is 10.1. The van der Waals surface area contributed by atoms with Crippen LogP contribution in [0, 0.1) is 0 Å². The van der Waals surface area contributed by atoms with Crippen LogP contribution in [0.2, 0.25) is 0 Å². The lowest BCUT2D eigenvalue weighted by Gasteiger charge is -2.27. The van der Waals surface area contributed by atoms with Crippen molar-refractivity contribution < 1.29 is 23.2 Å². The maximum Gasteiger partial charge on any atom is 0.316 e. The third-order valence-corrected chi connectivity index (χ3v) is 3.94. The maximum atomic E-state index is 14.3. The molecular formula is C18H23F2N7O3. The van der Waals surface area contributed by atoms with Crippen LogP contribution < -0.4 is 22.1 Å². The normalized spacial score (nSPS) is 13.6. The number of amides is 2. The van der Waals surface area contributed by atoms with E-state index < -0.39 is 24.3 Å². The number of amidine groups is 1. The van der Waals surface area contributed by atoms with Crippen molar-refractivity contribution in [2.24, 2.45) is 21.6 Å². The first kappa shape index (κ1) is 22.6. The molecule has 1 aliphatic heterocycles. The van der Waals surface area contributed by atoms with E-state index in [1.165, 1.54) is 30.5 Å². The predicted molar refractivity (Wildman–Crippen MR) is 106 cm³/mol. The van der Waals surface area contributed by atoms with Gasteiger partial charge in [0.05, 0.1) is 19.6 Å². The summed E-state index contributed by atoms with van der Waals surface area (Å²) in [7, 11) is 0. The number of rotatable bonds is 7. The predicted octanol–water partition coefficient (Wildman–Crippen LogP) is -0.209. The van der Waals surface area contributed by atoms with Crippen LogP contribution in [0.1, 0.15) is 12.5 Å². The highest BCUT2D eigenvalue weighted by atomic mass is 19.3. The second kappa shape index (κ2) is 10.2. The topological polar surface area (TPSA) is 147 Å². The standard InChI is InChI=1S/C18H23F2N7O3/c1-12-9-24-14(25-11-18(19,20)13-5-3-2-4-6-13)10-27(12)16(29)15(28)23-7-8-30-26-17(21)22/h2-6,9H,7-8,10-11H2,1H3,(H,23,28)(H,24,25)(H4,21,22,26). The lowest BCUT2D eigenvalue weighted by molar-refractivity contribution is -0.144. The van der Waals surface area contributed by atoms with Crippen LogP contribution >= 0.6 is 0 Å². The van der Waals surface area contributed by atoms with Crippen molar-refractivity contribution in [3.8, 4) is 0 Å². The zero-order valence-corrected chi connectivity index (χ0v) is 16.3. The Morgan fingerprint density at radius 3 is 2.67 bits per heavy atom. The summed E-state index contributed by atoms with van der Waals surface area (Å²) in [5, 5.41) is 8.17. The third kappa shape index (κ3) is 6.43. The number of benzene rings is 1. The average molecular weight is 423 g/mol. The van der Waals surface area contributed by atoms with E-state index in [0.717, 1.165) is 4.90 Å². The number of carbonyl (C=O) groups excluding carboxylic acids is 2. The summed E-state index contributed by atoms with van der Waals surface area (Å²) in [5.74, 6) is -5.04. The molecule has 1 heterocycles. The highest BCUT2D eigenvalue weighted by Crippen LogP contribution is 2.26. The Bertz CT molecular complexity index is 853. The molecule has 30 heavy (non-hydrogen) atoms. The zero-order valence-electron chi connectivity index (χ0n) is 16.3. The number of halogens is 2. The molecule has 12 heteroatoms. The van der Waals surface area contributed by atoms with Crippen LogP contribution in [0.4, 0.5) is 8.78 Å². The summed E-state index contributed by atoms with van der Waals surface area (Å²) in [6.45, 7) is 0.657. The second-order valence-corrected chi connectivity index (χ2v) is 6.27. The SMILES string of the molecule is CC1=CN=C(NCC(F)(F)c2ccccc2)CN1C(=O)C(=O)NCCON=C(N)N. The van der Waals surface area contributed by atoms with E-state index in [2.05, 4.69) is 20.8 Å². The first-order chi connectivity index (χ1) is 14.2. The Balaban J connectivity index is 1.89. The number of carbonyl (C=O) groups is 2. The van der Waals surface area contributed by atoms with Crippen molar-refractivity contribution in [1.82, 2.24) is 15.5 Å². The number of alkyl halides is 2. The maximum absolute atomic E-state index is 14.3. The Morgan fingerprint density at radius 1 is 1.30 bits per heavy atom. The number of nitrogens with one attached hydrogen (secondary N) is 2. The largest absolute Gasteiger partial charge is 0.391 e. The summed E-state index contributed by atoms with van der Waals surface area (Å²) in [6.07, 6.45) is 1.32. The van der Waals surface area contributed by atoms with Gasteiger partial charge in [-0.3, -0.25) is 14.5 Å². The summed E-state index contributed by atoms with van der Waals surface area (Å²) >= 11 is 0. The third-order valence-electron chi connectivity index (χ3n) is 3.94. The van der Waals surface area contributed by atoms with Crippen LogP contribution in [0.15, 0.2) is 52.4 Å². The summed E-state index contributed by atoms with van der Waals surface area (Å²) < 4.78 is 28.6. The summed E-state index contributed by atoms with van der Waals surface area (Å²) in [4.78, 5) is 34.3. The first-order valence-corrected chi connectivity index (χ1v) is 8.92. The van der Waals surface area contributed by atoms with Crippen LogP contribution in [0.5, 0.6) is 0 Å². The molecule has 0 unspecified atom stereocenters. The van der Waals surface area contributed by atoms with Crippen LogP contribution in [-0.2, 0) is 20.3 Å². The van der Waals surface area contributed by atoms with Crippen molar-refractivity contribution in [3.05, 3.63) is 47.8 Å². The minimum absolute atomic E-state index is 0.0134. The number of hydrogen-bond acceptors (Lipinski definition) is 6. The molecule has 1 aromatic rings. The van der Waals surface area contributed by atoms with Gasteiger partial charge in [0.1, 0.15) is 12.4 Å². The van der Waals surface area contributed by atoms with E-state index in [1.807, 2.05) is 0 Å². The van der Waals surface area contributed by atoms with E-state index in [1.54, 1.807) is 13.0 Å². The molecule has 0 radical (unpaired) electrons. The molecule has 6 N–H and O–H groups in total. The van der Waals surface area contributed by atoms with Gasteiger partial charge >= 0.3 is 11.8 Å². The van der Waals surface area contributed by atoms with Gasteiger partial charge in [-0.25, -0.2) is 4.99 Å². The van der Waals surface area contributed by atoms with Gasteiger partial charge in [0.15, 0.2) is 0 Å². The highest BCUT2D eigenvalue weighted by molar-refractivity contribution is 6.35. The molecule has 0 aliphatic carbocycles. The molecule has 0 aromatic heterocycles. The van der Waals surface area contributed by atoms with Gasteiger partial charge in [0.2, 0.25) is 5.96 Å². The van der Waals surface area contributed by atoms with Crippen molar-refractivity contribution in [3.63, 3.8) is 0 Å². The van der Waals surface area contributed by atoms with Crippen LogP contribution in [0.3, 0.4) is 0 Å². The molecule has 0 bridgehead atoms. The minimum atomic E-state index is -3.14. The molecular weight excluding hydrogens is 400 g/mol. The van der Waals surface area contributed by atoms with E-state index >= 15 is 0 Å². The molecule has 1 aliphatic rings. The molecule has 2 rings (SSSR count). The molecule has 0 atom stereocenters. The van der Waals surface area contributed by atoms with Crippen molar-refractivity contribution in [2.75, 3.05) is 26.2 Å². The summed E-state index contributed by atoms with van der Waals surface area (Å²) in [5.41, 5.74) is 10.4. The Hall–Kier alpha value is -3.70. The smallest absolute Gasteiger partial charge is 0.316 e. The first-order valence-electron chi connectivity index (χ1n) is 8.92. The minimum Gasteiger partial charge on any atom is -0.391 e. The van der Waals surface area contributed by atoms with Gasteiger partial charge in [0.25, 0.3) is 5.92 Å². The van der Waals surface area contributed by atoms with E-state index in [9.17, 15) is 18.4 Å². The number of allylic oxidation sites excluding steroid dienone is 1. The molecule has 162 valence electrons. The van der Waals surface area contributed by atoms with Gasteiger partial charge in [-0.1, -0.05) is 30.3 Å². The molecule has 1 aromatic carbocycles. The van der Waals surface area contributed by atoms with Gasteiger partial charge in [-0.2, -0.15) is 8.78 Å². The quantitative estimate of drug-likeness (QED) is 0.157. The number of nitrogens with two attached hydrogens (primary N) is 2. The fraction of sp³-hybridized carbons (Fsp3) is 0.333. The second-order valence-electron chi connectivity index (χ2n) is 6.27. The Morgan fingerprint density at radius 2 is 2.00 bits per heavy atom. The number of nitrogens with zero attached hydrogens (tertiary/aromatic N) is 3. The van der Waals surface area contributed by atoms with E-state index in [-0.39, 0.29) is 37.1 Å². The molecule has 2 amide bonds. The monoisotopic (exact) mass is 423 g/mol. The molecule has 10 nitrogen and oxygen atoms in total. The van der Waals surface area contributed by atoms with Gasteiger partial charge in [-0.15, -0.1) is 0 Å². The van der Waals surface area contributed by atoms with Crippen molar-refractivity contribution >= 4 is 23.6 Å². The van der Waals surface area contributed by atoms with Gasteiger partial charge in [-0.05, 0) is 12.1 Å². The Kier molecular flexibility index (Phi) is 7.67. The number of aliphatic imine (C=N–C) groups is 1. The van der Waals surface area contributed by atoms with E-state index in [4.69, 9.17) is 16.3 Å². The number of oxime groups is 1. The van der Waals surface area contributed by atoms with Crippen molar-refractivity contribution in [2.45, 2.75) is 12.8 Å². The van der Waals surface area contributed by atoms with Crippen molar-refractivity contribution in [1.29, 1.82) is 0 Å². The highest BCUT2D eigenvalue weighted by Gasteiger charge is 2.32. The molecule has 0 fully saturated rings. The van der Waals surface area contributed by atoms with Crippen LogP contribution in [0.25, 0.3) is 0 Å². The number of guanidine groups is 1. The summed E-state index contributed by atoms with van der Waals surface area (Å²) in [6, 6.07) is 7.34. The fourth-order valence-electron chi connectivity index (χ4n) is 2.42. The van der Waals surface area contributed by atoms with Gasteiger partial charge < -0.3 is 26.9 Å². The molecule has 0 spiro atoms. The molecule has 0 saturated carbocycles. The number of hydrogen-bond donors (Lipinski definition) is 4. The lowest BCUT2D eigenvalue weighted by Crippen LogP contribution is -2.49. The fourth-order valence-corrected chi connectivity index (χ4v) is 2.42. The average Bonchev–Trinajstić information content (AvgIpc) is 2.72. The molecule has 0 saturated heterocycles. The van der Waals surface area contributed by atoms with Crippen LogP contribution in [-0.4, -0.2) is 54.8 Å².